The lowest BCUT2D eigenvalue weighted by Gasteiger charge is -2.43. The third-order valence-corrected chi connectivity index (χ3v) is 13.1. The molecule has 0 N–H and O–H groups in total. The molecule has 0 fully saturated rings. The van der Waals surface area contributed by atoms with Gasteiger partial charge in [0.2, 0.25) is 0 Å². The zero-order valence-corrected chi connectivity index (χ0v) is 28.1. The van der Waals surface area contributed by atoms with Crippen molar-refractivity contribution in [1.29, 1.82) is 0 Å². The van der Waals surface area contributed by atoms with Gasteiger partial charge in [-0.3, -0.25) is 4.79 Å². The van der Waals surface area contributed by atoms with E-state index in [1.165, 1.54) is 17.3 Å². The van der Waals surface area contributed by atoms with Crippen LogP contribution in [0.3, 0.4) is 0 Å². The van der Waals surface area contributed by atoms with E-state index >= 15 is 0 Å². The molecule has 3 atom stereocenters. The first-order valence-corrected chi connectivity index (χ1v) is 17.2. The molecule has 0 aliphatic carbocycles. The maximum absolute atomic E-state index is 11.9. The molecule has 0 aliphatic rings. The fourth-order valence-electron chi connectivity index (χ4n) is 5.89. The number of carbonyl (C=O) groups is 1. The van der Waals surface area contributed by atoms with E-state index < -0.39 is 14.4 Å². The molecular formula is C37H50O5Si. The maximum atomic E-state index is 11.9. The topological polar surface area (TPSA) is 54.0 Å². The van der Waals surface area contributed by atoms with E-state index in [4.69, 9.17) is 18.6 Å². The van der Waals surface area contributed by atoms with Crippen LogP contribution >= 0.6 is 0 Å². The number of ether oxygens (including phenoxy) is 3. The van der Waals surface area contributed by atoms with Crippen molar-refractivity contribution >= 4 is 24.7 Å². The molecule has 3 aromatic carbocycles. The highest BCUT2D eigenvalue weighted by Crippen LogP contribution is 2.37. The predicted molar refractivity (Wildman–Crippen MR) is 179 cm³/mol. The summed E-state index contributed by atoms with van der Waals surface area (Å²) in [6.45, 7) is 17.6. The number of unbranched alkanes of at least 4 members (excludes halogenated alkanes) is 1. The molecule has 5 nitrogen and oxygen atoms in total. The number of esters is 1. The van der Waals surface area contributed by atoms with E-state index in [9.17, 15) is 4.79 Å². The lowest BCUT2D eigenvalue weighted by Crippen LogP contribution is -2.66. The summed E-state index contributed by atoms with van der Waals surface area (Å²) in [6.07, 6.45) is 2.08. The molecule has 0 spiro atoms. The molecule has 43 heavy (non-hydrogen) atoms. The van der Waals surface area contributed by atoms with Crippen LogP contribution < -0.4 is 15.1 Å². The largest absolute Gasteiger partial charge is 0.497 e. The molecule has 1 unspecified atom stereocenters. The van der Waals surface area contributed by atoms with Crippen LogP contribution in [0.5, 0.6) is 5.75 Å². The summed E-state index contributed by atoms with van der Waals surface area (Å²) >= 11 is 0. The third-order valence-electron chi connectivity index (χ3n) is 8.08. The number of hydrogen-bond acceptors (Lipinski definition) is 5. The smallest absolute Gasteiger partial charge is 0.303 e. The Labute approximate surface area is 260 Å². The molecule has 0 aliphatic heterocycles. The highest BCUT2D eigenvalue weighted by molar-refractivity contribution is 6.99. The van der Waals surface area contributed by atoms with Gasteiger partial charge >= 0.3 is 5.97 Å². The quantitative estimate of drug-likeness (QED) is 0.0737. The van der Waals surface area contributed by atoms with Gasteiger partial charge < -0.3 is 18.6 Å². The van der Waals surface area contributed by atoms with Crippen molar-refractivity contribution in [3.05, 3.63) is 103 Å². The summed E-state index contributed by atoms with van der Waals surface area (Å²) in [5, 5.41) is 2.51. The molecule has 6 heteroatoms. The van der Waals surface area contributed by atoms with E-state index in [2.05, 4.69) is 94.9 Å². The molecular weight excluding hydrogens is 552 g/mol. The van der Waals surface area contributed by atoms with Gasteiger partial charge in [-0.25, -0.2) is 0 Å². The van der Waals surface area contributed by atoms with Crippen molar-refractivity contribution in [3.63, 3.8) is 0 Å². The summed E-state index contributed by atoms with van der Waals surface area (Å²) < 4.78 is 24.6. The molecule has 3 aromatic rings. The molecule has 232 valence electrons. The van der Waals surface area contributed by atoms with Gasteiger partial charge in [0.1, 0.15) is 11.9 Å². The van der Waals surface area contributed by atoms with Gasteiger partial charge in [0.25, 0.3) is 8.32 Å². The Morgan fingerprint density at radius 1 is 0.860 bits per heavy atom. The van der Waals surface area contributed by atoms with Crippen molar-refractivity contribution in [2.45, 2.75) is 84.7 Å². The van der Waals surface area contributed by atoms with E-state index in [1.807, 2.05) is 31.2 Å². The SMILES string of the molecule is C=C(C)C(OC(C)=O)[C@H](C)[C@H](CCCCO[Si](c1ccccc1)(c1ccccc1)C(C)(C)C)OCc1ccc(OC)cc1. The summed E-state index contributed by atoms with van der Waals surface area (Å²) in [5.41, 5.74) is 1.88. The Kier molecular flexibility index (Phi) is 12.8. The normalized spacial score (nSPS) is 14.0. The predicted octanol–water partition coefficient (Wildman–Crippen LogP) is 7.47. The van der Waals surface area contributed by atoms with Gasteiger partial charge in [-0.2, -0.15) is 0 Å². The lowest BCUT2D eigenvalue weighted by atomic mass is 9.90. The summed E-state index contributed by atoms with van der Waals surface area (Å²) in [4.78, 5) is 11.9. The minimum Gasteiger partial charge on any atom is -0.497 e. The zero-order chi connectivity index (χ0) is 31.5. The summed E-state index contributed by atoms with van der Waals surface area (Å²) in [6, 6.07) is 29.4. The molecule has 3 rings (SSSR count). The molecule has 0 saturated carbocycles. The second kappa shape index (κ2) is 16.0. The van der Waals surface area contributed by atoms with E-state index in [-0.39, 0.29) is 23.0 Å². The van der Waals surface area contributed by atoms with Crippen LogP contribution in [0.4, 0.5) is 0 Å². The Morgan fingerprint density at radius 2 is 1.42 bits per heavy atom. The number of carbonyl (C=O) groups excluding carboxylic acids is 1. The van der Waals surface area contributed by atoms with Crippen LogP contribution in [-0.4, -0.2) is 40.2 Å². The van der Waals surface area contributed by atoms with Crippen LogP contribution in [0.15, 0.2) is 97.1 Å². The minimum absolute atomic E-state index is 0.0581. The van der Waals surface area contributed by atoms with Crippen LogP contribution in [0.1, 0.15) is 66.4 Å². The molecule has 0 saturated heterocycles. The Hall–Kier alpha value is -3.19. The third kappa shape index (κ3) is 9.15. The fraction of sp³-hybridized carbons (Fsp3) is 0.432. The van der Waals surface area contributed by atoms with Crippen LogP contribution in [0.2, 0.25) is 5.04 Å². The Balaban J connectivity index is 1.75. The summed E-state index contributed by atoms with van der Waals surface area (Å²) in [5.74, 6) is 0.441. The zero-order valence-electron chi connectivity index (χ0n) is 27.1. The number of hydrogen-bond donors (Lipinski definition) is 0. The van der Waals surface area contributed by atoms with Crippen molar-refractivity contribution in [2.24, 2.45) is 5.92 Å². The van der Waals surface area contributed by atoms with E-state index in [0.29, 0.717) is 13.2 Å². The second-order valence-electron chi connectivity index (χ2n) is 12.4. The van der Waals surface area contributed by atoms with Gasteiger partial charge in [-0.05, 0) is 64.9 Å². The Morgan fingerprint density at radius 3 is 1.88 bits per heavy atom. The van der Waals surface area contributed by atoms with Gasteiger partial charge in [-0.1, -0.05) is 107 Å². The minimum atomic E-state index is -2.58. The van der Waals surface area contributed by atoms with E-state index in [1.54, 1.807) is 7.11 Å². The van der Waals surface area contributed by atoms with Crippen LogP contribution in [-0.2, 0) is 25.3 Å². The first kappa shape index (κ1) is 34.3. The van der Waals surface area contributed by atoms with Gasteiger partial charge in [0.05, 0.1) is 19.8 Å². The molecule has 0 radical (unpaired) electrons. The lowest BCUT2D eigenvalue weighted by molar-refractivity contribution is -0.150. The number of rotatable bonds is 16. The highest BCUT2D eigenvalue weighted by Gasteiger charge is 2.50. The number of benzene rings is 3. The van der Waals surface area contributed by atoms with Crippen LogP contribution in [0, 0.1) is 5.92 Å². The Bertz CT molecular complexity index is 1230. The van der Waals surface area contributed by atoms with Crippen LogP contribution in [0.25, 0.3) is 0 Å². The van der Waals surface area contributed by atoms with Crippen molar-refractivity contribution in [1.82, 2.24) is 0 Å². The van der Waals surface area contributed by atoms with Gasteiger partial charge in [0.15, 0.2) is 0 Å². The van der Waals surface area contributed by atoms with E-state index in [0.717, 1.165) is 36.1 Å². The maximum Gasteiger partial charge on any atom is 0.303 e. The van der Waals surface area contributed by atoms with Crippen molar-refractivity contribution in [3.8, 4) is 5.75 Å². The second-order valence-corrected chi connectivity index (χ2v) is 16.7. The average Bonchev–Trinajstić information content (AvgIpc) is 2.99. The first-order valence-electron chi connectivity index (χ1n) is 15.3. The monoisotopic (exact) mass is 602 g/mol. The van der Waals surface area contributed by atoms with Gasteiger partial charge in [0, 0.05) is 19.4 Å². The fourth-order valence-corrected chi connectivity index (χ4v) is 10.5. The molecule has 0 heterocycles. The molecule has 0 amide bonds. The molecule has 0 aromatic heterocycles. The first-order chi connectivity index (χ1) is 20.5. The standard InChI is InChI=1S/C37H50O5Si/c1-28(2)36(42-30(4)38)29(3)35(40-27-31-22-24-32(39-8)25-23-31)21-15-16-26-41-43(37(5,6)7,33-17-11-9-12-18-33)34-19-13-10-14-20-34/h9-14,17-20,22-25,29,35-36H,1,15-16,21,26-27H2,2-8H3/t29-,35+,36?/m1/s1. The highest BCUT2D eigenvalue weighted by atomic mass is 28.4. The average molecular weight is 603 g/mol. The molecule has 0 bridgehead atoms. The summed E-state index contributed by atoms with van der Waals surface area (Å²) in [7, 11) is -0.917. The number of methoxy groups -OCH3 is 1. The van der Waals surface area contributed by atoms with Crippen molar-refractivity contribution < 1.29 is 23.4 Å². The van der Waals surface area contributed by atoms with Crippen molar-refractivity contribution in [2.75, 3.05) is 13.7 Å². The van der Waals surface area contributed by atoms with Gasteiger partial charge in [-0.15, -0.1) is 0 Å².